The van der Waals surface area contributed by atoms with Crippen molar-refractivity contribution in [2.75, 3.05) is 18.5 Å². The zero-order valence-electron chi connectivity index (χ0n) is 11.2. The second-order valence-corrected chi connectivity index (χ2v) is 4.92. The van der Waals surface area contributed by atoms with E-state index >= 15 is 0 Å². The van der Waals surface area contributed by atoms with Gasteiger partial charge in [-0.2, -0.15) is 0 Å². The molecule has 3 nitrogen and oxygen atoms in total. The lowest BCUT2D eigenvalue weighted by atomic mass is 10.1. The topological polar surface area (TPSA) is 34.1 Å². The summed E-state index contributed by atoms with van der Waals surface area (Å²) in [4.78, 5) is 4.35. The monoisotopic (exact) mass is 244 g/mol. The van der Waals surface area contributed by atoms with Crippen molar-refractivity contribution in [3.63, 3.8) is 0 Å². The van der Waals surface area contributed by atoms with E-state index in [9.17, 15) is 0 Å². The zero-order chi connectivity index (χ0) is 13.0. The number of anilines is 1. The number of nitrogens with zero attached hydrogens (tertiary/aromatic N) is 1. The van der Waals surface area contributed by atoms with E-state index in [-0.39, 0.29) is 5.60 Å². The van der Waals surface area contributed by atoms with E-state index in [1.165, 1.54) is 0 Å². The zero-order valence-corrected chi connectivity index (χ0v) is 11.2. The maximum Gasteiger partial charge on any atom is 0.0797 e. The molecule has 1 aromatic carbocycles. The Morgan fingerprint density at radius 2 is 2.00 bits per heavy atom. The van der Waals surface area contributed by atoms with Gasteiger partial charge in [-0.25, -0.2) is 0 Å². The van der Waals surface area contributed by atoms with Crippen molar-refractivity contribution >= 4 is 16.6 Å². The highest BCUT2D eigenvalue weighted by Crippen LogP contribution is 2.22. The second kappa shape index (κ2) is 5.36. The highest BCUT2D eigenvalue weighted by atomic mass is 16.5. The Morgan fingerprint density at radius 3 is 2.78 bits per heavy atom. The molecule has 0 saturated carbocycles. The molecule has 18 heavy (non-hydrogen) atoms. The Bertz CT molecular complexity index is 517. The maximum absolute atomic E-state index is 5.68. The van der Waals surface area contributed by atoms with Gasteiger partial charge in [-0.1, -0.05) is 18.2 Å². The summed E-state index contributed by atoms with van der Waals surface area (Å²) in [5.41, 5.74) is 1.95. The van der Waals surface area contributed by atoms with Crippen LogP contribution in [-0.4, -0.2) is 23.7 Å². The number of fused-ring (bicyclic) bond motifs is 1. The molecule has 1 aromatic heterocycles. The Kier molecular flexibility index (Phi) is 3.82. The van der Waals surface area contributed by atoms with Crippen LogP contribution in [0.2, 0.25) is 0 Å². The molecule has 1 N–H and O–H groups in total. The summed E-state index contributed by atoms with van der Waals surface area (Å²) >= 11 is 0. The summed E-state index contributed by atoms with van der Waals surface area (Å²) in [6.45, 7) is 7.70. The first kappa shape index (κ1) is 12.8. The molecule has 96 valence electrons. The van der Waals surface area contributed by atoms with Crippen molar-refractivity contribution in [3.05, 3.63) is 36.5 Å². The molecule has 3 heteroatoms. The van der Waals surface area contributed by atoms with Gasteiger partial charge < -0.3 is 10.1 Å². The SMILES string of the molecule is CCOC(C)(C)CNc1ccnc2ccccc12. The van der Waals surface area contributed by atoms with Gasteiger partial charge in [-0.05, 0) is 32.9 Å². The highest BCUT2D eigenvalue weighted by Gasteiger charge is 2.17. The van der Waals surface area contributed by atoms with Gasteiger partial charge in [0.05, 0.1) is 11.1 Å². The summed E-state index contributed by atoms with van der Waals surface area (Å²) in [7, 11) is 0. The molecule has 1 heterocycles. The predicted octanol–water partition coefficient (Wildman–Crippen LogP) is 3.46. The minimum atomic E-state index is -0.168. The molecule has 0 atom stereocenters. The van der Waals surface area contributed by atoms with E-state index in [1.807, 2.05) is 37.4 Å². The van der Waals surface area contributed by atoms with E-state index < -0.39 is 0 Å². The summed E-state index contributed by atoms with van der Waals surface area (Å²) in [5.74, 6) is 0. The van der Waals surface area contributed by atoms with Crippen molar-refractivity contribution in [1.82, 2.24) is 4.98 Å². The van der Waals surface area contributed by atoms with Gasteiger partial charge in [0.2, 0.25) is 0 Å². The largest absolute Gasteiger partial charge is 0.382 e. The van der Waals surface area contributed by atoms with Gasteiger partial charge in [0, 0.05) is 30.4 Å². The molecular formula is C15H20N2O. The van der Waals surface area contributed by atoms with Crippen molar-refractivity contribution in [3.8, 4) is 0 Å². The van der Waals surface area contributed by atoms with Crippen molar-refractivity contribution in [1.29, 1.82) is 0 Å². The summed E-state index contributed by atoms with van der Waals surface area (Å²) in [6.07, 6.45) is 1.83. The van der Waals surface area contributed by atoms with Crippen LogP contribution in [0.15, 0.2) is 36.5 Å². The normalized spacial score (nSPS) is 11.7. The van der Waals surface area contributed by atoms with Crippen LogP contribution in [-0.2, 0) is 4.74 Å². The van der Waals surface area contributed by atoms with E-state index in [0.717, 1.165) is 29.7 Å². The molecule has 0 aliphatic carbocycles. The minimum Gasteiger partial charge on any atom is -0.382 e. The van der Waals surface area contributed by atoms with E-state index in [4.69, 9.17) is 4.74 Å². The molecule has 2 aromatic rings. The Morgan fingerprint density at radius 1 is 1.22 bits per heavy atom. The van der Waals surface area contributed by atoms with Crippen LogP contribution in [0.5, 0.6) is 0 Å². The lowest BCUT2D eigenvalue weighted by molar-refractivity contribution is 0.000718. The summed E-state index contributed by atoms with van der Waals surface area (Å²) < 4.78 is 5.68. The first-order valence-corrected chi connectivity index (χ1v) is 6.34. The molecule has 0 saturated heterocycles. The first-order chi connectivity index (χ1) is 8.62. The molecule has 0 spiro atoms. The average molecular weight is 244 g/mol. The number of rotatable bonds is 5. The van der Waals surface area contributed by atoms with E-state index in [2.05, 4.69) is 30.2 Å². The summed E-state index contributed by atoms with van der Waals surface area (Å²) in [5, 5.41) is 4.59. The van der Waals surface area contributed by atoms with Gasteiger partial charge in [0.15, 0.2) is 0 Å². The van der Waals surface area contributed by atoms with Gasteiger partial charge in [0.1, 0.15) is 0 Å². The smallest absolute Gasteiger partial charge is 0.0797 e. The Balaban J connectivity index is 2.17. The molecule has 0 unspecified atom stereocenters. The van der Waals surface area contributed by atoms with Crippen LogP contribution >= 0.6 is 0 Å². The predicted molar refractivity (Wildman–Crippen MR) is 75.9 cm³/mol. The number of benzene rings is 1. The minimum absolute atomic E-state index is 0.168. The summed E-state index contributed by atoms with van der Waals surface area (Å²) in [6, 6.07) is 10.1. The number of nitrogens with one attached hydrogen (secondary N) is 1. The molecule has 0 bridgehead atoms. The molecule has 0 amide bonds. The van der Waals surface area contributed by atoms with Crippen molar-refractivity contribution in [2.45, 2.75) is 26.4 Å². The van der Waals surface area contributed by atoms with E-state index in [1.54, 1.807) is 0 Å². The molecule has 0 aliphatic heterocycles. The van der Waals surface area contributed by atoms with Gasteiger partial charge >= 0.3 is 0 Å². The molecule has 0 aliphatic rings. The number of ether oxygens (including phenoxy) is 1. The average Bonchev–Trinajstić information content (AvgIpc) is 2.36. The number of hydrogen-bond acceptors (Lipinski definition) is 3. The lowest BCUT2D eigenvalue weighted by Crippen LogP contribution is -2.33. The number of pyridine rings is 1. The molecule has 0 radical (unpaired) electrons. The van der Waals surface area contributed by atoms with Gasteiger partial charge in [0.25, 0.3) is 0 Å². The number of aromatic nitrogens is 1. The quantitative estimate of drug-likeness (QED) is 0.874. The molecule has 0 fully saturated rings. The standard InChI is InChI=1S/C15H20N2O/c1-4-18-15(2,3)11-17-14-9-10-16-13-8-6-5-7-12(13)14/h5-10H,4,11H2,1-3H3,(H,16,17). The maximum atomic E-state index is 5.68. The van der Waals surface area contributed by atoms with Crippen LogP contribution < -0.4 is 5.32 Å². The Labute approximate surface area is 108 Å². The fourth-order valence-corrected chi connectivity index (χ4v) is 2.00. The molecule has 2 rings (SSSR count). The third-order valence-corrected chi connectivity index (χ3v) is 2.89. The van der Waals surface area contributed by atoms with Crippen LogP contribution in [0, 0.1) is 0 Å². The third kappa shape index (κ3) is 2.99. The number of hydrogen-bond donors (Lipinski definition) is 1. The van der Waals surface area contributed by atoms with Gasteiger partial charge in [-0.15, -0.1) is 0 Å². The molecular weight excluding hydrogens is 224 g/mol. The van der Waals surface area contributed by atoms with Crippen LogP contribution in [0.25, 0.3) is 10.9 Å². The van der Waals surface area contributed by atoms with Crippen LogP contribution in [0.1, 0.15) is 20.8 Å². The van der Waals surface area contributed by atoms with E-state index in [0.29, 0.717) is 0 Å². The highest BCUT2D eigenvalue weighted by molar-refractivity contribution is 5.90. The number of para-hydroxylation sites is 1. The fourth-order valence-electron chi connectivity index (χ4n) is 2.00. The van der Waals surface area contributed by atoms with Crippen LogP contribution in [0.4, 0.5) is 5.69 Å². The van der Waals surface area contributed by atoms with Crippen molar-refractivity contribution in [2.24, 2.45) is 0 Å². The van der Waals surface area contributed by atoms with Crippen LogP contribution in [0.3, 0.4) is 0 Å². The first-order valence-electron chi connectivity index (χ1n) is 6.34. The van der Waals surface area contributed by atoms with Gasteiger partial charge in [-0.3, -0.25) is 4.98 Å². The third-order valence-electron chi connectivity index (χ3n) is 2.89. The fraction of sp³-hybridized carbons (Fsp3) is 0.400. The lowest BCUT2D eigenvalue weighted by Gasteiger charge is -2.25. The van der Waals surface area contributed by atoms with Crippen molar-refractivity contribution < 1.29 is 4.74 Å². The Hall–Kier alpha value is -1.61. The second-order valence-electron chi connectivity index (χ2n) is 4.92.